The summed E-state index contributed by atoms with van der Waals surface area (Å²) in [7, 11) is 1.61. The van der Waals surface area contributed by atoms with Gasteiger partial charge in [0.15, 0.2) is 6.29 Å². The van der Waals surface area contributed by atoms with Gasteiger partial charge >= 0.3 is 5.97 Å². The van der Waals surface area contributed by atoms with Gasteiger partial charge in [0.25, 0.3) is 0 Å². The van der Waals surface area contributed by atoms with Crippen LogP contribution < -0.4 is 4.74 Å². The number of aliphatic carboxylic acids is 1. The zero-order chi connectivity index (χ0) is 13.0. The Hall–Kier alpha value is -1.59. The number of carbonyl (C=O) groups is 1. The number of carboxylic acids is 1. The first-order chi connectivity index (χ1) is 8.69. The minimum Gasteiger partial charge on any atom is -0.497 e. The summed E-state index contributed by atoms with van der Waals surface area (Å²) >= 11 is 0. The average Bonchev–Trinajstić information content (AvgIpc) is 2.85. The van der Waals surface area contributed by atoms with E-state index in [0.717, 1.165) is 11.3 Å². The molecular formula is C13H16O5. The highest BCUT2D eigenvalue weighted by atomic mass is 16.7. The minimum atomic E-state index is -0.813. The standard InChI is InChI=1S/C13H16O5/c1-16-10-4-2-9(3-5-10)13-17-8-11(18-13)6-7-12(14)15/h2-5,11,13H,6-8H2,1H3,(H,14,15). The zero-order valence-electron chi connectivity index (χ0n) is 10.2. The van der Waals surface area contributed by atoms with Crippen molar-refractivity contribution in [3.8, 4) is 5.75 Å². The van der Waals surface area contributed by atoms with Crippen LogP contribution in [0.3, 0.4) is 0 Å². The van der Waals surface area contributed by atoms with E-state index in [1.54, 1.807) is 7.11 Å². The number of hydrogen-bond donors (Lipinski definition) is 1. The maximum Gasteiger partial charge on any atom is 0.303 e. The van der Waals surface area contributed by atoms with Crippen molar-refractivity contribution in [3.63, 3.8) is 0 Å². The first-order valence-corrected chi connectivity index (χ1v) is 5.82. The van der Waals surface area contributed by atoms with E-state index in [2.05, 4.69) is 0 Å². The fourth-order valence-corrected chi connectivity index (χ4v) is 1.82. The normalized spacial score (nSPS) is 22.9. The van der Waals surface area contributed by atoms with Gasteiger partial charge in [-0.15, -0.1) is 0 Å². The van der Waals surface area contributed by atoms with Crippen LogP contribution in [0.2, 0.25) is 0 Å². The van der Waals surface area contributed by atoms with Gasteiger partial charge in [-0.25, -0.2) is 0 Å². The quantitative estimate of drug-likeness (QED) is 0.868. The van der Waals surface area contributed by atoms with E-state index in [4.69, 9.17) is 19.3 Å². The molecule has 0 amide bonds. The number of ether oxygens (including phenoxy) is 3. The summed E-state index contributed by atoms with van der Waals surface area (Å²) in [4.78, 5) is 10.5. The highest BCUT2D eigenvalue weighted by Gasteiger charge is 2.27. The Morgan fingerprint density at radius 3 is 2.78 bits per heavy atom. The van der Waals surface area contributed by atoms with Gasteiger partial charge in [-0.1, -0.05) is 12.1 Å². The van der Waals surface area contributed by atoms with E-state index >= 15 is 0 Å². The molecule has 0 spiro atoms. The molecule has 0 saturated carbocycles. The van der Waals surface area contributed by atoms with Gasteiger partial charge in [0.1, 0.15) is 5.75 Å². The molecule has 1 aliphatic rings. The Bertz CT molecular complexity index is 400. The summed E-state index contributed by atoms with van der Waals surface area (Å²) in [6.45, 7) is 0.434. The van der Waals surface area contributed by atoms with Crippen molar-refractivity contribution in [2.75, 3.05) is 13.7 Å². The third kappa shape index (κ3) is 3.21. The monoisotopic (exact) mass is 252 g/mol. The second-order valence-electron chi connectivity index (χ2n) is 4.13. The molecule has 1 aliphatic heterocycles. The average molecular weight is 252 g/mol. The summed E-state index contributed by atoms with van der Waals surface area (Å²) in [5.41, 5.74) is 0.911. The number of benzene rings is 1. The second-order valence-corrected chi connectivity index (χ2v) is 4.13. The number of carboxylic acid groups (broad SMARTS) is 1. The second kappa shape index (κ2) is 5.84. The van der Waals surface area contributed by atoms with Crippen LogP contribution in [0.5, 0.6) is 5.75 Å². The van der Waals surface area contributed by atoms with Crippen molar-refractivity contribution in [3.05, 3.63) is 29.8 Å². The van der Waals surface area contributed by atoms with E-state index in [0.29, 0.717) is 13.0 Å². The molecule has 98 valence electrons. The maximum absolute atomic E-state index is 10.5. The first kappa shape index (κ1) is 12.9. The molecule has 2 rings (SSSR count). The third-order valence-electron chi connectivity index (χ3n) is 2.82. The fourth-order valence-electron chi connectivity index (χ4n) is 1.82. The molecule has 18 heavy (non-hydrogen) atoms. The van der Waals surface area contributed by atoms with Crippen LogP contribution in [0, 0.1) is 0 Å². The predicted octanol–water partition coefficient (Wildman–Crippen LogP) is 1.97. The summed E-state index contributed by atoms with van der Waals surface area (Å²) in [5.74, 6) is -0.0364. The zero-order valence-corrected chi connectivity index (χ0v) is 10.2. The third-order valence-corrected chi connectivity index (χ3v) is 2.82. The van der Waals surface area contributed by atoms with Crippen LogP contribution in [0.4, 0.5) is 0 Å². The Kier molecular flexibility index (Phi) is 4.17. The van der Waals surface area contributed by atoms with Crippen LogP contribution >= 0.6 is 0 Å². The Balaban J connectivity index is 1.89. The van der Waals surface area contributed by atoms with Gasteiger partial charge in [-0.3, -0.25) is 4.79 Å². The van der Waals surface area contributed by atoms with Crippen LogP contribution in [0.15, 0.2) is 24.3 Å². The van der Waals surface area contributed by atoms with Crippen molar-refractivity contribution in [1.82, 2.24) is 0 Å². The lowest BCUT2D eigenvalue weighted by atomic mass is 10.2. The summed E-state index contributed by atoms with van der Waals surface area (Å²) in [6.07, 6.45) is 0.0219. The van der Waals surface area contributed by atoms with E-state index in [1.165, 1.54) is 0 Å². The first-order valence-electron chi connectivity index (χ1n) is 5.82. The van der Waals surface area contributed by atoms with Crippen molar-refractivity contribution in [2.24, 2.45) is 0 Å². The highest BCUT2D eigenvalue weighted by Crippen LogP contribution is 2.29. The van der Waals surface area contributed by atoms with Crippen LogP contribution in [-0.4, -0.2) is 30.9 Å². The van der Waals surface area contributed by atoms with Gasteiger partial charge in [-0.2, -0.15) is 0 Å². The van der Waals surface area contributed by atoms with Gasteiger partial charge in [-0.05, 0) is 18.6 Å². The van der Waals surface area contributed by atoms with E-state index in [9.17, 15) is 4.79 Å². The molecule has 5 nitrogen and oxygen atoms in total. The van der Waals surface area contributed by atoms with Crippen LogP contribution in [0.1, 0.15) is 24.7 Å². The molecule has 1 fully saturated rings. The number of hydrogen-bond acceptors (Lipinski definition) is 4. The van der Waals surface area contributed by atoms with E-state index in [1.807, 2.05) is 24.3 Å². The van der Waals surface area contributed by atoms with Crippen molar-refractivity contribution in [2.45, 2.75) is 25.2 Å². The molecule has 1 aromatic carbocycles. The van der Waals surface area contributed by atoms with Gasteiger partial charge in [0.05, 0.1) is 19.8 Å². The lowest BCUT2D eigenvalue weighted by Crippen LogP contribution is -2.12. The molecule has 2 atom stereocenters. The molecule has 1 N–H and O–H groups in total. The van der Waals surface area contributed by atoms with Gasteiger partial charge in [0.2, 0.25) is 0 Å². The van der Waals surface area contributed by atoms with Gasteiger partial charge < -0.3 is 19.3 Å². The molecular weight excluding hydrogens is 236 g/mol. The molecule has 2 unspecified atom stereocenters. The summed E-state index contributed by atoms with van der Waals surface area (Å²) < 4.78 is 16.2. The number of methoxy groups -OCH3 is 1. The molecule has 5 heteroatoms. The lowest BCUT2D eigenvalue weighted by molar-refractivity contribution is -0.138. The van der Waals surface area contributed by atoms with Crippen LogP contribution in [0.25, 0.3) is 0 Å². The topological polar surface area (TPSA) is 65.0 Å². The molecule has 0 aromatic heterocycles. The Morgan fingerprint density at radius 2 is 2.17 bits per heavy atom. The van der Waals surface area contributed by atoms with Crippen molar-refractivity contribution >= 4 is 5.97 Å². The molecule has 1 aromatic rings. The van der Waals surface area contributed by atoms with Gasteiger partial charge in [0, 0.05) is 12.0 Å². The minimum absolute atomic E-state index is 0.101. The molecule has 1 heterocycles. The summed E-state index contributed by atoms with van der Waals surface area (Å²) in [5, 5.41) is 8.60. The highest BCUT2D eigenvalue weighted by molar-refractivity contribution is 5.66. The molecule has 0 bridgehead atoms. The van der Waals surface area contributed by atoms with E-state index < -0.39 is 12.3 Å². The van der Waals surface area contributed by atoms with Crippen LogP contribution in [-0.2, 0) is 14.3 Å². The van der Waals surface area contributed by atoms with Crippen molar-refractivity contribution in [1.29, 1.82) is 0 Å². The Labute approximate surface area is 105 Å². The smallest absolute Gasteiger partial charge is 0.303 e. The van der Waals surface area contributed by atoms with Crippen molar-refractivity contribution < 1.29 is 24.1 Å². The lowest BCUT2D eigenvalue weighted by Gasteiger charge is -2.11. The largest absolute Gasteiger partial charge is 0.497 e. The SMILES string of the molecule is COc1ccc(C2OCC(CCC(=O)O)O2)cc1. The molecule has 0 aliphatic carbocycles. The fraction of sp³-hybridized carbons (Fsp3) is 0.462. The Morgan fingerprint density at radius 1 is 1.44 bits per heavy atom. The molecule has 1 saturated heterocycles. The molecule has 0 radical (unpaired) electrons. The maximum atomic E-state index is 10.5. The summed E-state index contributed by atoms with van der Waals surface area (Å²) in [6, 6.07) is 7.44. The predicted molar refractivity (Wildman–Crippen MR) is 63.4 cm³/mol. The number of rotatable bonds is 5. The van der Waals surface area contributed by atoms with E-state index in [-0.39, 0.29) is 12.5 Å².